The van der Waals surface area contributed by atoms with Crippen LogP contribution < -0.4 is 5.32 Å². The molecule has 0 spiro atoms. The quantitative estimate of drug-likeness (QED) is 0.751. The predicted octanol–water partition coefficient (Wildman–Crippen LogP) is 2.27. The molecule has 5 heteroatoms. The monoisotopic (exact) mass is 279 g/mol. The molecule has 0 aliphatic carbocycles. The third-order valence-electron chi connectivity index (χ3n) is 2.97. The highest BCUT2D eigenvalue weighted by Crippen LogP contribution is 2.24. The first kappa shape index (κ1) is 16.2. The summed E-state index contributed by atoms with van der Waals surface area (Å²) in [5.74, 6) is -1.29. The zero-order valence-electron chi connectivity index (χ0n) is 12.1. The van der Waals surface area contributed by atoms with E-state index in [0.717, 1.165) is 6.42 Å². The van der Waals surface area contributed by atoms with Gasteiger partial charge in [0.15, 0.2) is 0 Å². The van der Waals surface area contributed by atoms with Crippen molar-refractivity contribution in [2.75, 3.05) is 20.3 Å². The lowest BCUT2D eigenvalue weighted by molar-refractivity contribution is 0.0695. The van der Waals surface area contributed by atoms with Crippen molar-refractivity contribution in [3.63, 3.8) is 0 Å². The molecular formula is C15H21NO4. The Bertz CT molecular complexity index is 483. The Labute approximate surface area is 118 Å². The van der Waals surface area contributed by atoms with Crippen molar-refractivity contribution in [3.05, 3.63) is 34.9 Å². The van der Waals surface area contributed by atoms with Gasteiger partial charge in [0, 0.05) is 25.8 Å². The molecule has 0 saturated carbocycles. The SMILES string of the molecule is COCCCNC(=O)c1cccc(C(=O)O)c1C(C)C. The number of rotatable bonds is 7. The zero-order valence-corrected chi connectivity index (χ0v) is 12.1. The number of methoxy groups -OCH3 is 1. The third-order valence-corrected chi connectivity index (χ3v) is 2.97. The minimum atomic E-state index is -1.01. The molecule has 0 unspecified atom stereocenters. The van der Waals surface area contributed by atoms with E-state index in [1.54, 1.807) is 19.2 Å². The number of amides is 1. The van der Waals surface area contributed by atoms with Gasteiger partial charge in [-0.2, -0.15) is 0 Å². The molecule has 0 aliphatic heterocycles. The fraction of sp³-hybridized carbons (Fsp3) is 0.467. The van der Waals surface area contributed by atoms with E-state index >= 15 is 0 Å². The molecule has 1 aromatic carbocycles. The minimum Gasteiger partial charge on any atom is -0.478 e. The van der Waals surface area contributed by atoms with Gasteiger partial charge in [0.25, 0.3) is 5.91 Å². The number of aromatic carboxylic acids is 1. The standard InChI is InChI=1S/C15H21NO4/c1-10(2)13-11(6-4-7-12(13)15(18)19)14(17)16-8-5-9-20-3/h4,6-7,10H,5,8-9H2,1-3H3,(H,16,17)(H,18,19). The molecule has 1 rings (SSSR count). The van der Waals surface area contributed by atoms with Crippen LogP contribution in [0.2, 0.25) is 0 Å². The molecular weight excluding hydrogens is 258 g/mol. The van der Waals surface area contributed by atoms with Crippen molar-refractivity contribution in [2.45, 2.75) is 26.2 Å². The number of nitrogens with one attached hydrogen (secondary N) is 1. The molecule has 20 heavy (non-hydrogen) atoms. The van der Waals surface area contributed by atoms with Gasteiger partial charge in [0.1, 0.15) is 0 Å². The first-order valence-corrected chi connectivity index (χ1v) is 6.62. The lowest BCUT2D eigenvalue weighted by atomic mass is 9.91. The molecule has 1 amide bonds. The average Bonchev–Trinajstić information content (AvgIpc) is 2.42. The summed E-state index contributed by atoms with van der Waals surface area (Å²) in [6.45, 7) is 4.83. The van der Waals surface area contributed by atoms with Crippen LogP contribution in [0.3, 0.4) is 0 Å². The smallest absolute Gasteiger partial charge is 0.335 e. The summed E-state index contributed by atoms with van der Waals surface area (Å²) in [5.41, 5.74) is 1.19. The van der Waals surface area contributed by atoms with Gasteiger partial charge in [0.05, 0.1) is 5.56 Å². The number of carboxylic acid groups (broad SMARTS) is 1. The summed E-state index contributed by atoms with van der Waals surface area (Å²) in [4.78, 5) is 23.4. The van der Waals surface area contributed by atoms with E-state index in [1.165, 1.54) is 6.07 Å². The highest BCUT2D eigenvalue weighted by atomic mass is 16.5. The molecule has 0 atom stereocenters. The van der Waals surface area contributed by atoms with Crippen LogP contribution in [0.4, 0.5) is 0 Å². The summed E-state index contributed by atoms with van der Waals surface area (Å²) in [6.07, 6.45) is 0.720. The number of benzene rings is 1. The fourth-order valence-electron chi connectivity index (χ4n) is 2.09. The van der Waals surface area contributed by atoms with Crippen LogP contribution in [-0.2, 0) is 4.74 Å². The summed E-state index contributed by atoms with van der Waals surface area (Å²) in [7, 11) is 1.61. The van der Waals surface area contributed by atoms with E-state index in [0.29, 0.717) is 24.3 Å². The Hall–Kier alpha value is -1.88. The number of hydrogen-bond acceptors (Lipinski definition) is 3. The van der Waals surface area contributed by atoms with Gasteiger partial charge < -0.3 is 15.2 Å². The third kappa shape index (κ3) is 4.06. The van der Waals surface area contributed by atoms with Gasteiger partial charge in [-0.3, -0.25) is 4.79 Å². The Morgan fingerprint density at radius 3 is 2.50 bits per heavy atom. The van der Waals surface area contributed by atoms with Gasteiger partial charge in [-0.25, -0.2) is 4.79 Å². The summed E-state index contributed by atoms with van der Waals surface area (Å²) >= 11 is 0. The van der Waals surface area contributed by atoms with Crippen molar-refractivity contribution >= 4 is 11.9 Å². The van der Waals surface area contributed by atoms with Crippen LogP contribution in [0.25, 0.3) is 0 Å². The number of ether oxygens (including phenoxy) is 1. The van der Waals surface area contributed by atoms with Gasteiger partial charge in [-0.05, 0) is 30.0 Å². The molecule has 0 aliphatic rings. The Balaban J connectivity index is 2.96. The van der Waals surface area contributed by atoms with Crippen molar-refractivity contribution in [3.8, 4) is 0 Å². The predicted molar refractivity (Wildman–Crippen MR) is 76.3 cm³/mol. The van der Waals surface area contributed by atoms with Crippen LogP contribution in [0.15, 0.2) is 18.2 Å². The number of carbonyl (C=O) groups excluding carboxylic acids is 1. The van der Waals surface area contributed by atoms with Crippen molar-refractivity contribution in [1.29, 1.82) is 0 Å². The van der Waals surface area contributed by atoms with Crippen LogP contribution in [-0.4, -0.2) is 37.2 Å². The highest BCUT2D eigenvalue weighted by Gasteiger charge is 2.20. The molecule has 0 heterocycles. The molecule has 0 bridgehead atoms. The molecule has 0 fully saturated rings. The minimum absolute atomic E-state index is 0.0398. The second-order valence-corrected chi connectivity index (χ2v) is 4.83. The Kier molecular flexibility index (Phi) is 6.18. The maximum Gasteiger partial charge on any atom is 0.335 e. The molecule has 0 aromatic heterocycles. The van der Waals surface area contributed by atoms with Crippen molar-refractivity contribution in [1.82, 2.24) is 5.32 Å². The normalized spacial score (nSPS) is 10.6. The second-order valence-electron chi connectivity index (χ2n) is 4.83. The van der Waals surface area contributed by atoms with Crippen LogP contribution >= 0.6 is 0 Å². The maximum atomic E-state index is 12.2. The van der Waals surface area contributed by atoms with Crippen molar-refractivity contribution < 1.29 is 19.4 Å². The first-order valence-electron chi connectivity index (χ1n) is 6.62. The molecule has 0 radical (unpaired) electrons. The molecule has 2 N–H and O–H groups in total. The lowest BCUT2D eigenvalue weighted by Crippen LogP contribution is -2.27. The number of carboxylic acids is 1. The van der Waals surface area contributed by atoms with Crippen LogP contribution in [0.5, 0.6) is 0 Å². The number of hydrogen-bond donors (Lipinski definition) is 2. The fourth-order valence-corrected chi connectivity index (χ4v) is 2.09. The second kappa shape index (κ2) is 7.65. The summed E-state index contributed by atoms with van der Waals surface area (Å²) in [5, 5.41) is 12.0. The molecule has 110 valence electrons. The zero-order chi connectivity index (χ0) is 15.1. The van der Waals surface area contributed by atoms with Crippen LogP contribution in [0.1, 0.15) is 52.5 Å². The van der Waals surface area contributed by atoms with E-state index in [1.807, 2.05) is 13.8 Å². The Morgan fingerprint density at radius 2 is 1.95 bits per heavy atom. The first-order chi connectivity index (χ1) is 9.49. The highest BCUT2D eigenvalue weighted by molar-refractivity contribution is 6.00. The topological polar surface area (TPSA) is 75.6 Å². The molecule has 1 aromatic rings. The van der Waals surface area contributed by atoms with E-state index in [4.69, 9.17) is 4.74 Å². The van der Waals surface area contributed by atoms with Crippen LogP contribution in [0, 0.1) is 0 Å². The summed E-state index contributed by atoms with van der Waals surface area (Å²) < 4.78 is 4.91. The van der Waals surface area contributed by atoms with Crippen molar-refractivity contribution in [2.24, 2.45) is 0 Å². The van der Waals surface area contributed by atoms with Gasteiger partial charge in [-0.15, -0.1) is 0 Å². The molecule has 0 saturated heterocycles. The average molecular weight is 279 g/mol. The van der Waals surface area contributed by atoms with E-state index in [2.05, 4.69) is 5.32 Å². The largest absolute Gasteiger partial charge is 0.478 e. The van der Waals surface area contributed by atoms with E-state index in [9.17, 15) is 14.7 Å². The lowest BCUT2D eigenvalue weighted by Gasteiger charge is -2.15. The Morgan fingerprint density at radius 1 is 1.30 bits per heavy atom. The maximum absolute atomic E-state index is 12.2. The number of carbonyl (C=O) groups is 2. The van der Waals surface area contributed by atoms with Gasteiger partial charge in [-0.1, -0.05) is 19.9 Å². The van der Waals surface area contributed by atoms with Gasteiger partial charge >= 0.3 is 5.97 Å². The van der Waals surface area contributed by atoms with Gasteiger partial charge in [0.2, 0.25) is 0 Å². The summed E-state index contributed by atoms with van der Waals surface area (Å²) in [6, 6.07) is 4.78. The van der Waals surface area contributed by atoms with E-state index < -0.39 is 5.97 Å². The molecule has 5 nitrogen and oxygen atoms in total. The van der Waals surface area contributed by atoms with E-state index in [-0.39, 0.29) is 17.4 Å².